The van der Waals surface area contributed by atoms with Gasteiger partial charge in [0.05, 0.1) is 10.7 Å². The average molecular weight is 508 g/mol. The number of amides is 1. The highest BCUT2D eigenvalue weighted by Crippen LogP contribution is 2.31. The van der Waals surface area contributed by atoms with E-state index in [4.69, 9.17) is 23.8 Å². The van der Waals surface area contributed by atoms with Crippen molar-refractivity contribution in [2.75, 3.05) is 41.0 Å². The zero-order chi connectivity index (χ0) is 24.8. The summed E-state index contributed by atoms with van der Waals surface area (Å²) >= 11 is 12.1. The molecule has 1 saturated heterocycles. The third-order valence-electron chi connectivity index (χ3n) is 6.09. The standard InChI is InChI=1S/C27H30ClN5OS/c1-19(34)29-21-8-10-22(11-9-21)30-27(35)31-23-12-13-26(25(28)16-23)32(2)24-14-15-33(18-24)17-20-6-4-3-5-7-20/h3-13,16,24H,14-15,17-18H2,1-2H3,(H,29,34)(H2,30,31,35). The van der Waals surface area contributed by atoms with E-state index in [1.54, 1.807) is 0 Å². The van der Waals surface area contributed by atoms with Crippen molar-refractivity contribution < 1.29 is 4.79 Å². The van der Waals surface area contributed by atoms with Crippen molar-refractivity contribution in [1.82, 2.24) is 4.90 Å². The molecule has 3 aromatic carbocycles. The Bertz CT molecular complexity index is 1170. The van der Waals surface area contributed by atoms with Gasteiger partial charge in [-0.05, 0) is 66.7 Å². The van der Waals surface area contributed by atoms with Crippen LogP contribution in [0, 0.1) is 0 Å². The Morgan fingerprint density at radius 1 is 1.00 bits per heavy atom. The Morgan fingerprint density at radius 2 is 1.63 bits per heavy atom. The molecule has 6 nitrogen and oxygen atoms in total. The minimum Gasteiger partial charge on any atom is -0.369 e. The van der Waals surface area contributed by atoms with E-state index in [9.17, 15) is 4.79 Å². The Labute approximate surface area is 217 Å². The lowest BCUT2D eigenvalue weighted by molar-refractivity contribution is -0.114. The van der Waals surface area contributed by atoms with Crippen LogP contribution in [0.15, 0.2) is 72.8 Å². The zero-order valence-corrected chi connectivity index (χ0v) is 21.5. The number of benzene rings is 3. The Balaban J connectivity index is 1.31. The number of nitrogens with one attached hydrogen (secondary N) is 3. The van der Waals surface area contributed by atoms with Gasteiger partial charge < -0.3 is 20.9 Å². The molecule has 0 aliphatic carbocycles. The quantitative estimate of drug-likeness (QED) is 0.350. The molecule has 1 heterocycles. The Kier molecular flexibility index (Phi) is 8.23. The first kappa shape index (κ1) is 25.0. The van der Waals surface area contributed by atoms with Crippen LogP contribution < -0.4 is 20.9 Å². The molecule has 182 valence electrons. The van der Waals surface area contributed by atoms with Gasteiger partial charge in [-0.2, -0.15) is 0 Å². The van der Waals surface area contributed by atoms with Gasteiger partial charge in [0, 0.05) is 56.7 Å². The Hall–Kier alpha value is -3.13. The van der Waals surface area contributed by atoms with Crippen LogP contribution in [0.2, 0.25) is 5.02 Å². The molecular weight excluding hydrogens is 478 g/mol. The van der Waals surface area contributed by atoms with Crippen molar-refractivity contribution in [3.8, 4) is 0 Å². The third-order valence-corrected chi connectivity index (χ3v) is 6.60. The van der Waals surface area contributed by atoms with Gasteiger partial charge in [0.2, 0.25) is 5.91 Å². The molecular formula is C27H30ClN5OS. The number of likely N-dealkylation sites (N-methyl/N-ethyl adjacent to an activating group) is 1. The number of rotatable bonds is 7. The van der Waals surface area contributed by atoms with Gasteiger partial charge in [0.25, 0.3) is 0 Å². The van der Waals surface area contributed by atoms with E-state index in [1.165, 1.54) is 12.5 Å². The lowest BCUT2D eigenvalue weighted by atomic mass is 10.2. The molecule has 0 saturated carbocycles. The maximum absolute atomic E-state index is 11.2. The predicted octanol–water partition coefficient (Wildman–Crippen LogP) is 5.82. The first-order valence-corrected chi connectivity index (χ1v) is 12.4. The van der Waals surface area contributed by atoms with Gasteiger partial charge in [-0.3, -0.25) is 9.69 Å². The number of hydrogen-bond acceptors (Lipinski definition) is 4. The van der Waals surface area contributed by atoms with Gasteiger partial charge in [0.15, 0.2) is 5.11 Å². The predicted molar refractivity (Wildman–Crippen MR) is 151 cm³/mol. The lowest BCUT2D eigenvalue weighted by Gasteiger charge is -2.28. The van der Waals surface area contributed by atoms with Crippen LogP contribution in [0.4, 0.5) is 22.7 Å². The number of halogens is 1. The van der Waals surface area contributed by atoms with Crippen LogP contribution >= 0.6 is 23.8 Å². The molecule has 4 rings (SSSR count). The first-order chi connectivity index (χ1) is 16.9. The summed E-state index contributed by atoms with van der Waals surface area (Å²) in [6, 6.07) is 24.3. The number of likely N-dealkylation sites (tertiary alicyclic amines) is 1. The van der Waals surface area contributed by atoms with Crippen molar-refractivity contribution in [3.05, 3.63) is 83.4 Å². The second-order valence-electron chi connectivity index (χ2n) is 8.78. The summed E-state index contributed by atoms with van der Waals surface area (Å²) in [5.41, 5.74) is 4.73. The van der Waals surface area contributed by atoms with E-state index in [1.807, 2.05) is 42.5 Å². The minimum atomic E-state index is -0.105. The fourth-order valence-corrected chi connectivity index (χ4v) is 4.86. The first-order valence-electron chi connectivity index (χ1n) is 11.6. The summed E-state index contributed by atoms with van der Waals surface area (Å²) in [6.45, 7) is 4.54. The van der Waals surface area contributed by atoms with Gasteiger partial charge in [-0.15, -0.1) is 0 Å². The summed E-state index contributed by atoms with van der Waals surface area (Å²) in [4.78, 5) is 15.9. The molecule has 1 aliphatic rings. The molecule has 1 unspecified atom stereocenters. The number of hydrogen-bond donors (Lipinski definition) is 3. The van der Waals surface area contributed by atoms with E-state index in [-0.39, 0.29) is 5.91 Å². The smallest absolute Gasteiger partial charge is 0.221 e. The summed E-state index contributed by atoms with van der Waals surface area (Å²) in [5, 5.41) is 10.2. The van der Waals surface area contributed by atoms with Crippen LogP contribution in [0.5, 0.6) is 0 Å². The van der Waals surface area contributed by atoms with Gasteiger partial charge >= 0.3 is 0 Å². The molecule has 3 N–H and O–H groups in total. The second-order valence-corrected chi connectivity index (χ2v) is 9.59. The maximum Gasteiger partial charge on any atom is 0.221 e. The summed E-state index contributed by atoms with van der Waals surface area (Å²) < 4.78 is 0. The van der Waals surface area contributed by atoms with Crippen molar-refractivity contribution in [3.63, 3.8) is 0 Å². The van der Waals surface area contributed by atoms with Crippen molar-refractivity contribution in [1.29, 1.82) is 0 Å². The molecule has 0 aromatic heterocycles. The number of carbonyl (C=O) groups excluding carboxylic acids is 1. The molecule has 1 aliphatic heterocycles. The molecule has 1 fully saturated rings. The SMILES string of the molecule is CC(=O)Nc1ccc(NC(=S)Nc2ccc(N(C)C3CCN(Cc4ccccc4)C3)c(Cl)c2)cc1. The van der Waals surface area contributed by atoms with Gasteiger partial charge in [0.1, 0.15) is 0 Å². The van der Waals surface area contributed by atoms with Gasteiger partial charge in [-0.25, -0.2) is 0 Å². The number of anilines is 4. The molecule has 0 bridgehead atoms. The largest absolute Gasteiger partial charge is 0.369 e. The molecule has 8 heteroatoms. The molecule has 1 amide bonds. The van der Waals surface area contributed by atoms with E-state index in [0.717, 1.165) is 48.8 Å². The van der Waals surface area contributed by atoms with Crippen LogP contribution in [0.3, 0.4) is 0 Å². The lowest BCUT2D eigenvalue weighted by Crippen LogP contribution is -2.34. The number of thiocarbonyl (C=S) groups is 1. The maximum atomic E-state index is 11.2. The normalized spacial score (nSPS) is 15.5. The minimum absolute atomic E-state index is 0.105. The van der Waals surface area contributed by atoms with E-state index >= 15 is 0 Å². The highest BCUT2D eigenvalue weighted by Gasteiger charge is 2.26. The van der Waals surface area contributed by atoms with Crippen LogP contribution in [-0.4, -0.2) is 42.1 Å². The molecule has 0 radical (unpaired) electrons. The summed E-state index contributed by atoms with van der Waals surface area (Å²) in [7, 11) is 2.11. The topological polar surface area (TPSA) is 59.6 Å². The number of nitrogens with zero attached hydrogens (tertiary/aromatic N) is 2. The highest BCUT2D eigenvalue weighted by molar-refractivity contribution is 7.80. The van der Waals surface area contributed by atoms with Crippen LogP contribution in [0.25, 0.3) is 0 Å². The highest BCUT2D eigenvalue weighted by atomic mass is 35.5. The monoisotopic (exact) mass is 507 g/mol. The Morgan fingerprint density at radius 3 is 2.29 bits per heavy atom. The fraction of sp³-hybridized carbons (Fsp3) is 0.259. The molecule has 3 aromatic rings. The van der Waals surface area contributed by atoms with Crippen molar-refractivity contribution in [2.45, 2.75) is 25.9 Å². The second kappa shape index (κ2) is 11.5. The van der Waals surface area contributed by atoms with E-state index in [2.05, 4.69) is 63.1 Å². The van der Waals surface area contributed by atoms with Gasteiger partial charge in [-0.1, -0.05) is 41.9 Å². The molecule has 1 atom stereocenters. The average Bonchev–Trinajstić information content (AvgIpc) is 3.29. The molecule has 35 heavy (non-hydrogen) atoms. The zero-order valence-electron chi connectivity index (χ0n) is 19.9. The van der Waals surface area contributed by atoms with Crippen molar-refractivity contribution in [2.24, 2.45) is 0 Å². The fourth-order valence-electron chi connectivity index (χ4n) is 4.31. The number of carbonyl (C=O) groups is 1. The van der Waals surface area contributed by atoms with Crippen molar-refractivity contribution >= 4 is 57.6 Å². The van der Waals surface area contributed by atoms with Crippen LogP contribution in [-0.2, 0) is 11.3 Å². The van der Waals surface area contributed by atoms with E-state index in [0.29, 0.717) is 16.2 Å². The van der Waals surface area contributed by atoms with Crippen LogP contribution in [0.1, 0.15) is 18.9 Å². The van der Waals surface area contributed by atoms with E-state index < -0.39 is 0 Å². The molecule has 0 spiro atoms. The summed E-state index contributed by atoms with van der Waals surface area (Å²) in [5.74, 6) is -0.105. The summed E-state index contributed by atoms with van der Waals surface area (Å²) in [6.07, 6.45) is 1.11. The third kappa shape index (κ3) is 6.94.